The molecule has 0 saturated carbocycles. The minimum absolute atomic E-state index is 0.0177. The average Bonchev–Trinajstić information content (AvgIpc) is 2.97. The first-order chi connectivity index (χ1) is 13.5. The molecular weight excluding hydrogens is 350 g/mol. The summed E-state index contributed by atoms with van der Waals surface area (Å²) < 4.78 is 0. The maximum atomic E-state index is 12.9. The molecular formula is C23H23N3O2. The highest BCUT2D eigenvalue weighted by molar-refractivity contribution is 6.08. The molecule has 5 heteroatoms. The lowest BCUT2D eigenvalue weighted by Crippen LogP contribution is -2.36. The molecule has 2 aromatic carbocycles. The van der Waals surface area contributed by atoms with Crippen molar-refractivity contribution in [2.24, 2.45) is 0 Å². The number of carbonyl (C=O) groups excluding carboxylic acids is 2. The molecule has 0 saturated heterocycles. The Kier molecular flexibility index (Phi) is 5.60. The molecule has 0 aliphatic carbocycles. The van der Waals surface area contributed by atoms with E-state index in [1.165, 1.54) is 0 Å². The summed E-state index contributed by atoms with van der Waals surface area (Å²) >= 11 is 0. The quantitative estimate of drug-likeness (QED) is 0.769. The Morgan fingerprint density at radius 1 is 1.18 bits per heavy atom. The topological polar surface area (TPSA) is 64.4 Å². The summed E-state index contributed by atoms with van der Waals surface area (Å²) in [6, 6.07) is 16.6. The van der Waals surface area contributed by atoms with Gasteiger partial charge in [0.1, 0.15) is 0 Å². The van der Waals surface area contributed by atoms with Gasteiger partial charge in [0.05, 0.1) is 17.7 Å². The first-order valence-electron chi connectivity index (χ1n) is 9.37. The van der Waals surface area contributed by atoms with Gasteiger partial charge in [0.25, 0.3) is 5.91 Å². The maximum Gasteiger partial charge on any atom is 0.258 e. The fourth-order valence-electron chi connectivity index (χ4n) is 3.60. The van der Waals surface area contributed by atoms with Crippen LogP contribution in [0.2, 0.25) is 0 Å². The van der Waals surface area contributed by atoms with Gasteiger partial charge in [0.2, 0.25) is 5.91 Å². The molecule has 2 aromatic rings. The molecule has 0 N–H and O–H groups in total. The molecule has 0 spiro atoms. The third-order valence-electron chi connectivity index (χ3n) is 5.24. The van der Waals surface area contributed by atoms with Crippen molar-refractivity contribution in [3.8, 4) is 6.07 Å². The van der Waals surface area contributed by atoms with Crippen LogP contribution in [0.4, 0.5) is 0 Å². The number of fused-ring (bicyclic) bond motifs is 1. The summed E-state index contributed by atoms with van der Waals surface area (Å²) in [7, 11) is 0. The Bertz CT molecular complexity index is 922. The monoisotopic (exact) mass is 373 g/mol. The van der Waals surface area contributed by atoms with Gasteiger partial charge in [-0.1, -0.05) is 36.9 Å². The second-order valence-electron chi connectivity index (χ2n) is 6.79. The molecule has 0 aromatic heterocycles. The molecule has 142 valence electrons. The Morgan fingerprint density at radius 3 is 2.39 bits per heavy atom. The highest BCUT2D eigenvalue weighted by Crippen LogP contribution is 2.31. The van der Waals surface area contributed by atoms with Crippen LogP contribution in [0.3, 0.4) is 0 Å². The van der Waals surface area contributed by atoms with Crippen LogP contribution in [0.5, 0.6) is 0 Å². The predicted molar refractivity (Wildman–Crippen MR) is 108 cm³/mol. The third-order valence-corrected chi connectivity index (χ3v) is 5.24. The molecule has 0 fully saturated rings. The van der Waals surface area contributed by atoms with Gasteiger partial charge in [-0.25, -0.2) is 0 Å². The third kappa shape index (κ3) is 3.54. The normalized spacial score (nSPS) is 13.8. The number of hydrogen-bond donors (Lipinski definition) is 0. The molecule has 5 nitrogen and oxygen atoms in total. The van der Waals surface area contributed by atoms with Crippen LogP contribution in [0.15, 0.2) is 55.1 Å². The zero-order valence-corrected chi connectivity index (χ0v) is 16.2. The molecule has 28 heavy (non-hydrogen) atoms. The number of hydrogen-bond acceptors (Lipinski definition) is 3. The highest BCUT2D eigenvalue weighted by atomic mass is 16.2. The standard InChI is InChI=1S/C23H23N3O2/c1-4-25(16(2)19-11-9-18(15-24)10-12-19)22(27)13-14-26-17(3)20-7-5-6-8-21(20)23(26)28/h5-12,16H,3-4,13-14H2,1-2H3. The van der Waals surface area contributed by atoms with Crippen molar-refractivity contribution in [3.63, 3.8) is 0 Å². The van der Waals surface area contributed by atoms with Gasteiger partial charge >= 0.3 is 0 Å². The van der Waals surface area contributed by atoms with E-state index in [-0.39, 0.29) is 24.3 Å². The van der Waals surface area contributed by atoms with E-state index in [2.05, 4.69) is 12.6 Å². The number of carbonyl (C=O) groups is 2. The Balaban J connectivity index is 1.67. The van der Waals surface area contributed by atoms with Gasteiger partial charge in [-0.15, -0.1) is 0 Å². The predicted octanol–water partition coefficient (Wildman–Crippen LogP) is 3.98. The molecule has 1 atom stereocenters. The van der Waals surface area contributed by atoms with Gasteiger partial charge in [-0.3, -0.25) is 9.59 Å². The van der Waals surface area contributed by atoms with Crippen molar-refractivity contribution in [1.29, 1.82) is 5.26 Å². The molecule has 0 radical (unpaired) electrons. The largest absolute Gasteiger partial charge is 0.336 e. The van der Waals surface area contributed by atoms with E-state index < -0.39 is 0 Å². The van der Waals surface area contributed by atoms with Crippen LogP contribution < -0.4 is 0 Å². The Labute approximate surface area is 165 Å². The first-order valence-corrected chi connectivity index (χ1v) is 9.37. The lowest BCUT2D eigenvalue weighted by Gasteiger charge is -2.29. The van der Waals surface area contributed by atoms with Crippen LogP contribution in [0, 0.1) is 11.3 Å². The van der Waals surface area contributed by atoms with Crippen molar-refractivity contribution in [1.82, 2.24) is 9.80 Å². The van der Waals surface area contributed by atoms with Crippen LogP contribution >= 0.6 is 0 Å². The van der Waals surface area contributed by atoms with E-state index in [0.717, 1.165) is 11.1 Å². The fourth-order valence-corrected chi connectivity index (χ4v) is 3.60. The lowest BCUT2D eigenvalue weighted by molar-refractivity contribution is -0.133. The van der Waals surface area contributed by atoms with Crippen LogP contribution in [0.1, 0.15) is 53.4 Å². The summed E-state index contributed by atoms with van der Waals surface area (Å²) in [5.74, 6) is -0.118. The molecule has 3 rings (SSSR count). The van der Waals surface area contributed by atoms with E-state index in [4.69, 9.17) is 5.26 Å². The van der Waals surface area contributed by atoms with E-state index in [0.29, 0.717) is 29.9 Å². The van der Waals surface area contributed by atoms with Gasteiger partial charge in [-0.05, 0) is 37.6 Å². The number of amides is 2. The Hall–Kier alpha value is -3.39. The first kappa shape index (κ1) is 19.4. The van der Waals surface area contributed by atoms with Crippen molar-refractivity contribution < 1.29 is 9.59 Å². The lowest BCUT2D eigenvalue weighted by atomic mass is 10.0. The van der Waals surface area contributed by atoms with Gasteiger partial charge in [0, 0.05) is 36.3 Å². The highest BCUT2D eigenvalue weighted by Gasteiger charge is 2.31. The van der Waals surface area contributed by atoms with Gasteiger partial charge in [0.15, 0.2) is 0 Å². The van der Waals surface area contributed by atoms with Crippen molar-refractivity contribution in [2.75, 3.05) is 13.1 Å². The minimum Gasteiger partial charge on any atom is -0.336 e. The number of rotatable bonds is 6. The van der Waals surface area contributed by atoms with Crippen LogP contribution in [0.25, 0.3) is 5.70 Å². The van der Waals surface area contributed by atoms with Crippen LogP contribution in [-0.2, 0) is 4.79 Å². The second kappa shape index (κ2) is 8.10. The van der Waals surface area contributed by atoms with E-state index in [1.807, 2.05) is 44.2 Å². The van der Waals surface area contributed by atoms with Crippen molar-refractivity contribution >= 4 is 17.5 Å². The summed E-state index contributed by atoms with van der Waals surface area (Å²) in [4.78, 5) is 28.8. The number of nitrogens with zero attached hydrogens (tertiary/aromatic N) is 3. The summed E-state index contributed by atoms with van der Waals surface area (Å²) in [6.45, 7) is 8.80. The smallest absolute Gasteiger partial charge is 0.258 e. The van der Waals surface area contributed by atoms with E-state index >= 15 is 0 Å². The number of nitriles is 1. The SMILES string of the molecule is C=C1c2ccccc2C(=O)N1CCC(=O)N(CC)C(C)c1ccc(C#N)cc1. The maximum absolute atomic E-state index is 12.9. The van der Waals surface area contributed by atoms with Gasteiger partial charge in [-0.2, -0.15) is 5.26 Å². The van der Waals surface area contributed by atoms with Crippen molar-refractivity contribution in [2.45, 2.75) is 26.3 Å². The molecule has 1 heterocycles. The molecule has 1 aliphatic rings. The minimum atomic E-state index is -0.111. The van der Waals surface area contributed by atoms with E-state index in [9.17, 15) is 9.59 Å². The average molecular weight is 373 g/mol. The summed E-state index contributed by atoms with van der Waals surface area (Å²) in [5, 5.41) is 8.94. The fraction of sp³-hybridized carbons (Fsp3) is 0.261. The Morgan fingerprint density at radius 2 is 1.82 bits per heavy atom. The molecule has 1 unspecified atom stereocenters. The second-order valence-corrected chi connectivity index (χ2v) is 6.79. The van der Waals surface area contributed by atoms with Gasteiger partial charge < -0.3 is 9.80 Å². The summed E-state index contributed by atoms with van der Waals surface area (Å²) in [6.07, 6.45) is 0.229. The zero-order chi connectivity index (χ0) is 20.3. The van der Waals surface area contributed by atoms with Crippen LogP contribution in [-0.4, -0.2) is 34.7 Å². The molecule has 0 bridgehead atoms. The van der Waals surface area contributed by atoms with Crippen molar-refractivity contribution in [3.05, 3.63) is 77.4 Å². The van der Waals surface area contributed by atoms with E-state index in [1.54, 1.807) is 28.0 Å². The zero-order valence-electron chi connectivity index (χ0n) is 16.2. The molecule has 2 amide bonds. The number of benzene rings is 2. The summed E-state index contributed by atoms with van der Waals surface area (Å²) in [5.41, 5.74) is 3.69. The molecule has 1 aliphatic heterocycles.